The molecule has 1 aromatic carbocycles. The average Bonchev–Trinajstić information content (AvgIpc) is 3.24. The molecule has 0 aliphatic heterocycles. The summed E-state index contributed by atoms with van der Waals surface area (Å²) in [6.07, 6.45) is 2.09. The van der Waals surface area contributed by atoms with Gasteiger partial charge in [-0.2, -0.15) is 5.10 Å². The number of benzene rings is 1. The van der Waals surface area contributed by atoms with E-state index in [9.17, 15) is 0 Å². The van der Waals surface area contributed by atoms with E-state index in [0.717, 1.165) is 35.9 Å². The number of nitrogens with zero attached hydrogens (tertiary/aromatic N) is 2. The van der Waals surface area contributed by atoms with Gasteiger partial charge in [0.2, 0.25) is 0 Å². The van der Waals surface area contributed by atoms with Crippen molar-refractivity contribution in [2.45, 2.75) is 51.7 Å². The SMILES string of the molecule is CCc1nn(CC)c(CNC2CC2c2ccccc2)c1Cl. The Hall–Kier alpha value is -1.32. The van der Waals surface area contributed by atoms with Gasteiger partial charge in [0.05, 0.1) is 16.4 Å². The van der Waals surface area contributed by atoms with E-state index in [-0.39, 0.29) is 0 Å². The Balaban J connectivity index is 1.63. The summed E-state index contributed by atoms with van der Waals surface area (Å²) in [4.78, 5) is 0. The maximum absolute atomic E-state index is 6.44. The van der Waals surface area contributed by atoms with E-state index in [0.29, 0.717) is 12.0 Å². The van der Waals surface area contributed by atoms with Crippen molar-refractivity contribution < 1.29 is 0 Å². The Bertz CT molecular complexity index is 606. The van der Waals surface area contributed by atoms with Crippen LogP contribution in [0.2, 0.25) is 5.02 Å². The van der Waals surface area contributed by atoms with Gasteiger partial charge in [0.15, 0.2) is 0 Å². The molecule has 1 N–H and O–H groups in total. The predicted molar refractivity (Wildman–Crippen MR) is 86.7 cm³/mol. The fourth-order valence-electron chi connectivity index (χ4n) is 2.90. The maximum Gasteiger partial charge on any atom is 0.0863 e. The molecule has 21 heavy (non-hydrogen) atoms. The second-order valence-electron chi connectivity index (χ2n) is 5.62. The van der Waals surface area contributed by atoms with Crippen LogP contribution in [0.1, 0.15) is 43.1 Å². The smallest absolute Gasteiger partial charge is 0.0863 e. The van der Waals surface area contributed by atoms with Crippen LogP contribution >= 0.6 is 11.6 Å². The normalized spacial score (nSPS) is 20.7. The molecule has 0 spiro atoms. The van der Waals surface area contributed by atoms with Gasteiger partial charge in [0.25, 0.3) is 0 Å². The van der Waals surface area contributed by atoms with Crippen LogP contribution in [0.4, 0.5) is 0 Å². The molecule has 2 unspecified atom stereocenters. The van der Waals surface area contributed by atoms with Gasteiger partial charge in [0.1, 0.15) is 0 Å². The highest BCUT2D eigenvalue weighted by Crippen LogP contribution is 2.40. The summed E-state index contributed by atoms with van der Waals surface area (Å²) in [5.41, 5.74) is 3.56. The summed E-state index contributed by atoms with van der Waals surface area (Å²) >= 11 is 6.44. The van der Waals surface area contributed by atoms with Crippen molar-refractivity contribution >= 4 is 11.6 Å². The molecule has 1 aliphatic carbocycles. The molecule has 1 aromatic heterocycles. The molecular formula is C17H22ClN3. The second-order valence-corrected chi connectivity index (χ2v) is 5.99. The van der Waals surface area contributed by atoms with Gasteiger partial charge in [-0.25, -0.2) is 0 Å². The van der Waals surface area contributed by atoms with E-state index in [1.54, 1.807) is 0 Å². The molecule has 0 bridgehead atoms. The molecule has 1 saturated carbocycles. The Morgan fingerprint density at radius 2 is 2.05 bits per heavy atom. The summed E-state index contributed by atoms with van der Waals surface area (Å²) in [5.74, 6) is 0.647. The highest BCUT2D eigenvalue weighted by Gasteiger charge is 2.37. The van der Waals surface area contributed by atoms with E-state index in [4.69, 9.17) is 11.6 Å². The molecule has 0 radical (unpaired) electrons. The molecule has 0 saturated heterocycles. The number of hydrogen-bond acceptors (Lipinski definition) is 2. The Labute approximate surface area is 131 Å². The van der Waals surface area contributed by atoms with E-state index < -0.39 is 0 Å². The molecule has 0 amide bonds. The van der Waals surface area contributed by atoms with E-state index >= 15 is 0 Å². The van der Waals surface area contributed by atoms with E-state index in [1.807, 2.05) is 4.68 Å². The van der Waals surface area contributed by atoms with Gasteiger partial charge in [-0.1, -0.05) is 48.9 Å². The molecule has 1 heterocycles. The predicted octanol–water partition coefficient (Wildman–Crippen LogP) is 3.76. The summed E-state index contributed by atoms with van der Waals surface area (Å²) in [5, 5.41) is 9.03. The average molecular weight is 304 g/mol. The summed E-state index contributed by atoms with van der Waals surface area (Å²) in [6, 6.07) is 11.3. The van der Waals surface area contributed by atoms with Gasteiger partial charge in [-0.15, -0.1) is 0 Å². The van der Waals surface area contributed by atoms with Crippen molar-refractivity contribution in [3.63, 3.8) is 0 Å². The molecule has 1 aliphatic rings. The van der Waals surface area contributed by atoms with E-state index in [1.165, 1.54) is 12.0 Å². The first-order chi connectivity index (χ1) is 10.2. The van der Waals surface area contributed by atoms with Crippen molar-refractivity contribution in [3.8, 4) is 0 Å². The number of hydrogen-bond donors (Lipinski definition) is 1. The molecule has 3 rings (SSSR count). The van der Waals surface area contributed by atoms with Crippen molar-refractivity contribution in [2.75, 3.05) is 0 Å². The zero-order valence-corrected chi connectivity index (χ0v) is 13.4. The Morgan fingerprint density at radius 3 is 2.71 bits per heavy atom. The van der Waals surface area contributed by atoms with Crippen molar-refractivity contribution in [1.29, 1.82) is 0 Å². The summed E-state index contributed by atoms with van der Waals surface area (Å²) in [7, 11) is 0. The topological polar surface area (TPSA) is 29.9 Å². The lowest BCUT2D eigenvalue weighted by molar-refractivity contribution is 0.573. The first-order valence-electron chi connectivity index (χ1n) is 7.77. The second kappa shape index (κ2) is 6.20. The Kier molecular flexibility index (Phi) is 4.32. The molecular weight excluding hydrogens is 282 g/mol. The van der Waals surface area contributed by atoms with Crippen molar-refractivity contribution in [3.05, 3.63) is 52.3 Å². The number of aryl methyl sites for hydroxylation is 2. The minimum absolute atomic E-state index is 0.564. The van der Waals surface area contributed by atoms with Gasteiger partial charge >= 0.3 is 0 Å². The monoisotopic (exact) mass is 303 g/mol. The minimum atomic E-state index is 0.564. The minimum Gasteiger partial charge on any atom is -0.308 e. The standard InChI is InChI=1S/C17H22ClN3/c1-3-14-17(18)16(21(4-2)20-14)11-19-15-10-13(15)12-8-6-5-7-9-12/h5-9,13,15,19H,3-4,10-11H2,1-2H3. The fourth-order valence-corrected chi connectivity index (χ4v) is 3.24. The third kappa shape index (κ3) is 2.99. The lowest BCUT2D eigenvalue weighted by Crippen LogP contribution is -2.20. The highest BCUT2D eigenvalue weighted by atomic mass is 35.5. The molecule has 112 valence electrons. The van der Waals surface area contributed by atoms with Gasteiger partial charge < -0.3 is 5.32 Å². The van der Waals surface area contributed by atoms with Crippen LogP contribution in [-0.4, -0.2) is 15.8 Å². The van der Waals surface area contributed by atoms with Crippen LogP contribution < -0.4 is 5.32 Å². The highest BCUT2D eigenvalue weighted by molar-refractivity contribution is 6.31. The van der Waals surface area contributed by atoms with Gasteiger partial charge in [-0.3, -0.25) is 4.68 Å². The third-order valence-corrected chi connectivity index (χ3v) is 4.68. The first kappa shape index (κ1) is 14.6. The molecule has 4 heteroatoms. The quantitative estimate of drug-likeness (QED) is 0.880. The fraction of sp³-hybridized carbons (Fsp3) is 0.471. The van der Waals surface area contributed by atoms with Crippen LogP contribution in [0.3, 0.4) is 0 Å². The molecule has 3 nitrogen and oxygen atoms in total. The molecule has 2 aromatic rings. The third-order valence-electron chi connectivity index (χ3n) is 4.24. The zero-order valence-electron chi connectivity index (χ0n) is 12.6. The zero-order chi connectivity index (χ0) is 14.8. The maximum atomic E-state index is 6.44. The summed E-state index contributed by atoms with van der Waals surface area (Å²) in [6.45, 7) is 5.87. The van der Waals surface area contributed by atoms with Crippen LogP contribution in [0.25, 0.3) is 0 Å². The van der Waals surface area contributed by atoms with Crippen LogP contribution in [0.15, 0.2) is 30.3 Å². The molecule has 1 fully saturated rings. The van der Waals surface area contributed by atoms with Gasteiger partial charge in [-0.05, 0) is 25.3 Å². The number of halogens is 1. The van der Waals surface area contributed by atoms with E-state index in [2.05, 4.69) is 54.6 Å². The van der Waals surface area contributed by atoms with Crippen molar-refractivity contribution in [2.24, 2.45) is 0 Å². The number of nitrogens with one attached hydrogen (secondary N) is 1. The first-order valence-corrected chi connectivity index (χ1v) is 8.14. The van der Waals surface area contributed by atoms with Crippen molar-refractivity contribution in [1.82, 2.24) is 15.1 Å². The Morgan fingerprint density at radius 1 is 1.29 bits per heavy atom. The lowest BCUT2D eigenvalue weighted by Gasteiger charge is -2.07. The largest absolute Gasteiger partial charge is 0.308 e. The van der Waals surface area contributed by atoms with Crippen LogP contribution in [0.5, 0.6) is 0 Å². The van der Waals surface area contributed by atoms with Gasteiger partial charge in [0, 0.05) is 25.0 Å². The molecule has 2 atom stereocenters. The summed E-state index contributed by atoms with van der Waals surface area (Å²) < 4.78 is 2.02. The lowest BCUT2D eigenvalue weighted by atomic mass is 10.1. The number of aromatic nitrogens is 2. The number of rotatable bonds is 6. The van der Waals surface area contributed by atoms with Crippen LogP contribution in [-0.2, 0) is 19.5 Å². The van der Waals surface area contributed by atoms with Crippen LogP contribution in [0, 0.1) is 0 Å².